The number of hydrogen-bond donors (Lipinski definition) is 9. The highest BCUT2D eigenvalue weighted by Gasteiger charge is 2.42. The molecular formula is C59H64BCl2N5O16. The summed E-state index contributed by atoms with van der Waals surface area (Å²) in [5.74, 6) is -12.3. The van der Waals surface area contributed by atoms with Gasteiger partial charge in [-0.15, -0.1) is 0 Å². The Morgan fingerprint density at radius 3 is 1.89 bits per heavy atom. The summed E-state index contributed by atoms with van der Waals surface area (Å²) in [5, 5.41) is 56.7. The summed E-state index contributed by atoms with van der Waals surface area (Å²) in [6.45, 7) is 7.36. The van der Waals surface area contributed by atoms with E-state index in [4.69, 9.17) is 52.6 Å². The first-order valence-corrected chi connectivity index (χ1v) is 27.5. The summed E-state index contributed by atoms with van der Waals surface area (Å²) < 4.78 is 30.5. The first-order chi connectivity index (χ1) is 39.4. The molecule has 438 valence electrons. The van der Waals surface area contributed by atoms with Crippen LogP contribution < -0.4 is 50.7 Å². The van der Waals surface area contributed by atoms with Gasteiger partial charge in [0, 0.05) is 36.3 Å². The van der Waals surface area contributed by atoms with Gasteiger partial charge in [0.15, 0.2) is 23.1 Å². The third kappa shape index (κ3) is 13.2. The number of amides is 5. The fourth-order valence-electron chi connectivity index (χ4n) is 10.8. The molecule has 5 heterocycles. The van der Waals surface area contributed by atoms with Crippen molar-refractivity contribution in [2.75, 3.05) is 21.3 Å². The zero-order valence-corrected chi connectivity index (χ0v) is 47.9. The largest absolute Gasteiger partial charge is 0.496 e. The Balaban J connectivity index is 1.39. The summed E-state index contributed by atoms with van der Waals surface area (Å²) in [4.78, 5) is 103. The predicted molar refractivity (Wildman–Crippen MR) is 304 cm³/mol. The van der Waals surface area contributed by atoms with E-state index < -0.39 is 122 Å². The zero-order chi connectivity index (χ0) is 60.3. The number of halogens is 2. The van der Waals surface area contributed by atoms with Gasteiger partial charge in [0.1, 0.15) is 53.3 Å². The van der Waals surface area contributed by atoms with Crippen LogP contribution in [0.4, 0.5) is 0 Å². The molecule has 0 fully saturated rings. The molecule has 0 aliphatic carbocycles. The minimum absolute atomic E-state index is 0.0294. The number of aliphatic hydroxyl groups is 2. The minimum atomic E-state index is -2.29. The van der Waals surface area contributed by atoms with Crippen molar-refractivity contribution in [1.29, 1.82) is 0 Å². The van der Waals surface area contributed by atoms with E-state index >= 15 is 14.4 Å². The quantitative estimate of drug-likeness (QED) is 0.0660. The number of aryl methyl sites for hydroxylation is 1. The molecule has 0 spiro atoms. The number of fused-ring (bicyclic) bond motifs is 15. The van der Waals surface area contributed by atoms with Crippen LogP contribution in [0, 0.1) is 24.7 Å². The smallest absolute Gasteiger partial charge is 0.480 e. The van der Waals surface area contributed by atoms with E-state index in [0.717, 1.165) is 0 Å². The molecule has 0 aromatic heterocycles. The van der Waals surface area contributed by atoms with Gasteiger partial charge in [-0.1, -0.05) is 68.2 Å². The Hall–Kier alpha value is -7.73. The molecule has 10 N–H and O–H groups in total. The van der Waals surface area contributed by atoms with E-state index in [-0.39, 0.29) is 95.2 Å². The molecule has 0 radical (unpaired) electrons. The lowest BCUT2D eigenvalue weighted by atomic mass is 9.72. The number of ketones is 2. The maximum atomic E-state index is 15.8. The Bertz CT molecular complexity index is 3380. The number of nitrogens with one attached hydrogen (secondary N) is 4. The summed E-state index contributed by atoms with van der Waals surface area (Å²) >= 11 is 13.8. The SMILES string of the molecule is CCC(CC(C)C)C(=O)NC1C(=O)CC(CC(N)=O)C(=O)N[C@H]2C(=O)CC3C(=O)NC(C(=O)NC(B(O)O)c4cc(C)cc(OC)c4-c4cc3ccc4OC)[C@@H](O)c3ccc(c(Cl)c3)Oc3cc2cc(c3OC)Oc2ccc(cc2Cl)C1O. The van der Waals surface area contributed by atoms with E-state index in [1.54, 1.807) is 26.0 Å². The molecule has 9 atom stereocenters. The molecule has 11 bridgehead atoms. The number of rotatable bonds is 11. The molecule has 5 aromatic rings. The topological polar surface area (TPSA) is 321 Å². The van der Waals surface area contributed by atoms with Crippen molar-refractivity contribution in [2.24, 2.45) is 23.5 Å². The van der Waals surface area contributed by atoms with Crippen LogP contribution in [0.1, 0.15) is 116 Å². The van der Waals surface area contributed by atoms with Crippen molar-refractivity contribution in [1.82, 2.24) is 21.3 Å². The lowest BCUT2D eigenvalue weighted by molar-refractivity contribution is -0.137. The highest BCUT2D eigenvalue weighted by atomic mass is 35.5. The molecule has 21 nitrogen and oxygen atoms in total. The van der Waals surface area contributed by atoms with Gasteiger partial charge < -0.3 is 70.9 Å². The standard InChI is InChI=1S/C59H64BCl2N5O16/c1-8-28(15-26(2)3)56(73)65-50-39(68)21-33(24-47(63)70)57(74)64-49-32-22-45(82-42-13-10-30(52(50)71)19-37(42)61)54(81-7)46(23-32)83-43-14-11-31(20-38(43)62)53(72)51-59(76)67-55(60(77)78)36-16-27(4)17-44(80-6)48(36)35-18-29(9-12-41(35)79-5)34(25-40(49)69)58(75)66-51/h9-14,16-20,22-23,26,28,33-34,49-53,55,71-72,77-78H,8,15,21,24-25H2,1-7H3,(H2,63,70)(H,64,74)(H,65,73)(H,66,75)(H,67,76)/t28?,33?,34?,49-,50?,51?,52?,53+,55?/m1/s1. The average molecular weight is 1180 g/mol. The van der Waals surface area contributed by atoms with E-state index in [0.29, 0.717) is 18.4 Å². The van der Waals surface area contributed by atoms with Crippen molar-refractivity contribution in [3.05, 3.63) is 122 Å². The number of methoxy groups -OCH3 is 3. The maximum absolute atomic E-state index is 15.8. The van der Waals surface area contributed by atoms with Crippen molar-refractivity contribution in [2.45, 2.75) is 102 Å². The fraction of sp³-hybridized carbons (Fsp3) is 0.373. The average Bonchev–Trinajstić information content (AvgIpc) is 2.88. The van der Waals surface area contributed by atoms with Gasteiger partial charge in [-0.05, 0) is 114 Å². The first kappa shape index (κ1) is 61.3. The zero-order valence-electron chi connectivity index (χ0n) is 46.4. The van der Waals surface area contributed by atoms with Crippen LogP contribution >= 0.6 is 23.2 Å². The molecule has 5 amide bonds. The van der Waals surface area contributed by atoms with E-state index in [9.17, 15) is 39.4 Å². The van der Waals surface area contributed by atoms with Gasteiger partial charge in [-0.2, -0.15) is 0 Å². The Morgan fingerprint density at radius 1 is 0.723 bits per heavy atom. The lowest BCUT2D eigenvalue weighted by Crippen LogP contribution is -2.54. The molecule has 5 aromatic carbocycles. The molecule has 10 rings (SSSR count). The third-order valence-electron chi connectivity index (χ3n) is 15.0. The number of aliphatic hydroxyl groups excluding tert-OH is 2. The second-order valence-electron chi connectivity index (χ2n) is 21.2. The van der Waals surface area contributed by atoms with Crippen LogP contribution in [0.2, 0.25) is 10.0 Å². The monoisotopic (exact) mass is 1180 g/mol. The number of nitrogens with two attached hydrogens (primary N) is 1. The highest BCUT2D eigenvalue weighted by Crippen LogP contribution is 2.49. The lowest BCUT2D eigenvalue weighted by Gasteiger charge is -2.31. The number of benzene rings is 5. The van der Waals surface area contributed by atoms with Gasteiger partial charge >= 0.3 is 7.12 Å². The Morgan fingerprint density at radius 2 is 1.34 bits per heavy atom. The van der Waals surface area contributed by atoms with Gasteiger partial charge in [0.05, 0.1) is 49.2 Å². The van der Waals surface area contributed by atoms with Gasteiger partial charge in [0.2, 0.25) is 35.3 Å². The Labute approximate surface area is 488 Å². The minimum Gasteiger partial charge on any atom is -0.496 e. The van der Waals surface area contributed by atoms with E-state index in [1.807, 2.05) is 13.8 Å². The van der Waals surface area contributed by atoms with Crippen molar-refractivity contribution < 1.29 is 77.5 Å². The number of Topliss-reactive ketones (excluding diaryl/α,β-unsaturated/α-hetero) is 2. The van der Waals surface area contributed by atoms with E-state index in [2.05, 4.69) is 21.3 Å². The van der Waals surface area contributed by atoms with Crippen molar-refractivity contribution in [3.63, 3.8) is 0 Å². The van der Waals surface area contributed by atoms with Crippen LogP contribution in [0.25, 0.3) is 11.1 Å². The summed E-state index contributed by atoms with van der Waals surface area (Å²) in [6.07, 6.45) is -5.30. The third-order valence-corrected chi connectivity index (χ3v) is 15.6. The van der Waals surface area contributed by atoms with E-state index in [1.165, 1.54) is 88.1 Å². The number of primary amides is 1. The van der Waals surface area contributed by atoms with Crippen LogP contribution in [0.5, 0.6) is 40.2 Å². The van der Waals surface area contributed by atoms with Crippen LogP contribution in [0.15, 0.2) is 78.9 Å². The van der Waals surface area contributed by atoms with Gasteiger partial charge in [0.25, 0.3) is 0 Å². The van der Waals surface area contributed by atoms with Crippen LogP contribution in [-0.2, 0) is 33.6 Å². The number of hydrogen-bond acceptors (Lipinski definition) is 16. The molecule has 5 aliphatic heterocycles. The van der Waals surface area contributed by atoms with Crippen LogP contribution in [-0.4, -0.2) is 102 Å². The first-order valence-electron chi connectivity index (χ1n) is 26.8. The molecule has 5 aliphatic rings. The molecule has 0 saturated carbocycles. The summed E-state index contributed by atoms with van der Waals surface area (Å²) in [7, 11) is 1.73. The molecule has 0 saturated heterocycles. The van der Waals surface area contributed by atoms with Crippen molar-refractivity contribution in [3.8, 4) is 51.4 Å². The molecule has 7 unspecified atom stereocenters. The maximum Gasteiger partial charge on any atom is 0.480 e. The fourth-order valence-corrected chi connectivity index (χ4v) is 11.3. The van der Waals surface area contributed by atoms with Gasteiger partial charge in [-0.25, -0.2) is 0 Å². The number of carbonyl (C=O) groups excluding carboxylic acids is 7. The number of ether oxygens (including phenoxy) is 5. The van der Waals surface area contributed by atoms with Gasteiger partial charge in [-0.3, -0.25) is 33.6 Å². The second kappa shape index (κ2) is 25.8. The molecular weight excluding hydrogens is 1120 g/mol. The molecule has 83 heavy (non-hydrogen) atoms. The highest BCUT2D eigenvalue weighted by molar-refractivity contribution is 6.44. The predicted octanol–water partition coefficient (Wildman–Crippen LogP) is 6.25. The van der Waals surface area contributed by atoms with Crippen molar-refractivity contribution >= 4 is 71.4 Å². The Kier molecular flexibility index (Phi) is 19.1. The normalized spacial score (nSPS) is 22.2. The second-order valence-corrected chi connectivity index (χ2v) is 22.0. The molecule has 24 heteroatoms. The number of carbonyl (C=O) groups is 7. The summed E-state index contributed by atoms with van der Waals surface area (Å²) in [5.41, 5.74) is 6.88. The summed E-state index contributed by atoms with van der Waals surface area (Å²) in [6, 6.07) is 12.9. The van der Waals surface area contributed by atoms with Crippen LogP contribution in [0.3, 0.4) is 0 Å².